The van der Waals surface area contributed by atoms with Crippen LogP contribution in [0.5, 0.6) is 0 Å². The fourth-order valence-electron chi connectivity index (χ4n) is 3.56. The van der Waals surface area contributed by atoms with Gasteiger partial charge in [-0.15, -0.1) is 0 Å². The molecular weight excluding hydrogens is 366 g/mol. The highest BCUT2D eigenvalue weighted by molar-refractivity contribution is 7.89. The van der Waals surface area contributed by atoms with Gasteiger partial charge in [-0.2, -0.15) is 0 Å². The van der Waals surface area contributed by atoms with Gasteiger partial charge in [-0.1, -0.05) is 11.6 Å². The van der Waals surface area contributed by atoms with Gasteiger partial charge in [-0.25, -0.2) is 18.6 Å². The van der Waals surface area contributed by atoms with E-state index < -0.39 is 33.1 Å². The van der Waals surface area contributed by atoms with Crippen LogP contribution in [0.4, 0.5) is 0 Å². The smallest absolute Gasteiger partial charge is 0.265 e. The molecule has 7 nitrogen and oxygen atoms in total. The molecule has 9 heteroatoms. The summed E-state index contributed by atoms with van der Waals surface area (Å²) in [6, 6.07) is 3.92. The molecule has 25 heavy (non-hydrogen) atoms. The van der Waals surface area contributed by atoms with Gasteiger partial charge in [0.05, 0.1) is 11.1 Å². The predicted molar refractivity (Wildman–Crippen MR) is 95.5 cm³/mol. The van der Waals surface area contributed by atoms with E-state index in [0.717, 1.165) is 6.07 Å². The van der Waals surface area contributed by atoms with Crippen molar-refractivity contribution in [3.8, 4) is 0 Å². The molecule has 1 amide bonds. The Morgan fingerprint density at radius 1 is 1.28 bits per heavy atom. The van der Waals surface area contributed by atoms with Crippen LogP contribution in [0.1, 0.15) is 50.9 Å². The Hall–Kier alpha value is -1.19. The number of nitrogens with zero attached hydrogens (tertiary/aromatic N) is 1. The van der Waals surface area contributed by atoms with Crippen LogP contribution >= 0.6 is 11.6 Å². The van der Waals surface area contributed by atoms with Crippen LogP contribution in [0.2, 0.25) is 5.02 Å². The Bertz CT molecular complexity index is 775. The maximum absolute atomic E-state index is 12.7. The minimum Gasteiger partial charge on any atom is -0.393 e. The average Bonchev–Trinajstić information content (AvgIpc) is 2.40. The van der Waals surface area contributed by atoms with Crippen LogP contribution in [0.25, 0.3) is 0 Å². The molecule has 1 aliphatic rings. The van der Waals surface area contributed by atoms with Gasteiger partial charge in [-0.05, 0) is 58.7 Å². The first-order chi connectivity index (χ1) is 11.2. The Balaban J connectivity index is 2.33. The third-order valence-electron chi connectivity index (χ3n) is 4.39. The Morgan fingerprint density at radius 2 is 1.80 bits per heavy atom. The van der Waals surface area contributed by atoms with Crippen molar-refractivity contribution in [3.05, 3.63) is 28.8 Å². The quantitative estimate of drug-likeness (QED) is 0.727. The number of hydrogen-bond donors (Lipinski definition) is 3. The number of carbonyl (C=O) groups excluding carboxylic acids is 1. The van der Waals surface area contributed by atoms with E-state index in [9.17, 15) is 18.3 Å². The van der Waals surface area contributed by atoms with E-state index in [-0.39, 0.29) is 15.5 Å². The van der Waals surface area contributed by atoms with E-state index in [1.165, 1.54) is 12.1 Å². The van der Waals surface area contributed by atoms with Crippen molar-refractivity contribution in [1.29, 1.82) is 0 Å². The molecule has 0 spiro atoms. The molecule has 0 saturated carbocycles. The van der Waals surface area contributed by atoms with Crippen LogP contribution in [0.3, 0.4) is 0 Å². The van der Waals surface area contributed by atoms with Gasteiger partial charge in [0.2, 0.25) is 10.0 Å². The van der Waals surface area contributed by atoms with E-state index >= 15 is 0 Å². The molecule has 0 bridgehead atoms. The largest absolute Gasteiger partial charge is 0.393 e. The number of halogens is 1. The van der Waals surface area contributed by atoms with Crippen LogP contribution in [-0.4, -0.2) is 41.6 Å². The van der Waals surface area contributed by atoms with Crippen molar-refractivity contribution in [2.75, 3.05) is 0 Å². The van der Waals surface area contributed by atoms with Gasteiger partial charge in [0, 0.05) is 16.6 Å². The number of aliphatic hydroxyl groups is 1. The van der Waals surface area contributed by atoms with Crippen molar-refractivity contribution >= 4 is 27.5 Å². The van der Waals surface area contributed by atoms with Crippen molar-refractivity contribution < 1.29 is 18.3 Å². The molecule has 1 fully saturated rings. The normalized spacial score (nSPS) is 21.1. The summed E-state index contributed by atoms with van der Waals surface area (Å²) < 4.78 is 23.2. The zero-order valence-corrected chi connectivity index (χ0v) is 16.3. The molecule has 1 aromatic rings. The van der Waals surface area contributed by atoms with Crippen LogP contribution in [0.15, 0.2) is 23.1 Å². The molecule has 0 aliphatic carbocycles. The zero-order chi connectivity index (χ0) is 19.2. The summed E-state index contributed by atoms with van der Waals surface area (Å²) in [4.78, 5) is 12.4. The number of nitrogens with two attached hydrogens (primary N) is 1. The number of hydrogen-bond acceptors (Lipinski definition) is 5. The standard InChI is InChI=1S/C16H24ClN3O4S/c1-15(2)8-11(21)9-16(3,4)20(15)19-14(22)10-5-6-12(17)13(7-10)25(18,23)24/h5-7,11,21H,8-9H2,1-4H3,(H,19,22)(H2,18,23,24). The average molecular weight is 390 g/mol. The van der Waals surface area contributed by atoms with Crippen LogP contribution in [0, 0.1) is 0 Å². The molecule has 2 rings (SSSR count). The van der Waals surface area contributed by atoms with E-state index in [1.807, 2.05) is 27.7 Å². The van der Waals surface area contributed by atoms with Crippen molar-refractivity contribution in [2.24, 2.45) is 5.14 Å². The SMILES string of the molecule is CC1(C)CC(O)CC(C)(C)N1NC(=O)c1ccc(Cl)c(S(N)(=O)=O)c1. The lowest BCUT2D eigenvalue weighted by Crippen LogP contribution is -2.67. The minimum absolute atomic E-state index is 0.0409. The highest BCUT2D eigenvalue weighted by Crippen LogP contribution is 2.37. The van der Waals surface area contributed by atoms with Crippen LogP contribution in [-0.2, 0) is 10.0 Å². The number of sulfonamides is 1. The molecule has 1 saturated heterocycles. The van der Waals surface area contributed by atoms with Crippen molar-refractivity contribution in [2.45, 2.75) is 62.6 Å². The first-order valence-corrected chi connectivity index (χ1v) is 9.78. The van der Waals surface area contributed by atoms with Gasteiger partial charge < -0.3 is 5.11 Å². The van der Waals surface area contributed by atoms with Gasteiger partial charge in [0.1, 0.15) is 4.90 Å². The molecular formula is C16H24ClN3O4S. The molecule has 1 aromatic carbocycles. The highest BCUT2D eigenvalue weighted by Gasteiger charge is 2.46. The Morgan fingerprint density at radius 3 is 2.28 bits per heavy atom. The Labute approximate surface area is 153 Å². The second-order valence-electron chi connectivity index (χ2n) is 7.65. The summed E-state index contributed by atoms with van der Waals surface area (Å²) in [5.41, 5.74) is 2.01. The molecule has 4 N–H and O–H groups in total. The van der Waals surface area contributed by atoms with E-state index in [2.05, 4.69) is 5.43 Å². The zero-order valence-electron chi connectivity index (χ0n) is 14.7. The third-order valence-corrected chi connectivity index (χ3v) is 5.79. The van der Waals surface area contributed by atoms with Crippen molar-refractivity contribution in [1.82, 2.24) is 10.4 Å². The molecule has 0 radical (unpaired) electrons. The van der Waals surface area contributed by atoms with Gasteiger partial charge >= 0.3 is 0 Å². The molecule has 140 valence electrons. The minimum atomic E-state index is -4.03. The van der Waals surface area contributed by atoms with Crippen LogP contribution < -0.4 is 10.6 Å². The number of nitrogens with one attached hydrogen (secondary N) is 1. The lowest BCUT2D eigenvalue weighted by molar-refractivity contribution is -0.104. The molecule has 1 heterocycles. The monoisotopic (exact) mass is 389 g/mol. The first-order valence-electron chi connectivity index (χ1n) is 7.86. The van der Waals surface area contributed by atoms with E-state index in [0.29, 0.717) is 12.8 Å². The van der Waals surface area contributed by atoms with Gasteiger partial charge in [0.25, 0.3) is 5.91 Å². The lowest BCUT2D eigenvalue weighted by atomic mass is 9.80. The number of piperidine rings is 1. The Kier molecular flexibility index (Phi) is 5.24. The lowest BCUT2D eigenvalue weighted by Gasteiger charge is -2.53. The number of aliphatic hydroxyl groups excluding tert-OH is 1. The number of benzene rings is 1. The maximum Gasteiger partial charge on any atom is 0.265 e. The number of hydrazine groups is 1. The maximum atomic E-state index is 12.7. The van der Waals surface area contributed by atoms with Gasteiger partial charge in [0.15, 0.2) is 0 Å². The molecule has 0 atom stereocenters. The second-order valence-corrected chi connectivity index (χ2v) is 9.59. The first kappa shape index (κ1) is 20.1. The topological polar surface area (TPSA) is 113 Å². The summed E-state index contributed by atoms with van der Waals surface area (Å²) in [6.07, 6.45) is 0.544. The summed E-state index contributed by atoms with van der Waals surface area (Å²) >= 11 is 5.86. The summed E-state index contributed by atoms with van der Waals surface area (Å²) in [6.45, 7) is 7.70. The fourth-order valence-corrected chi connectivity index (χ4v) is 4.63. The van der Waals surface area contributed by atoms with E-state index in [1.54, 1.807) is 5.01 Å². The number of carbonyl (C=O) groups is 1. The van der Waals surface area contributed by atoms with Gasteiger partial charge in [-0.3, -0.25) is 10.2 Å². The molecule has 0 aromatic heterocycles. The third kappa shape index (κ3) is 4.32. The second kappa shape index (κ2) is 6.51. The number of rotatable bonds is 3. The molecule has 0 unspecified atom stereocenters. The fraction of sp³-hybridized carbons (Fsp3) is 0.562. The summed E-state index contributed by atoms with van der Waals surface area (Å²) in [5, 5.41) is 17.0. The van der Waals surface area contributed by atoms with Crippen molar-refractivity contribution in [3.63, 3.8) is 0 Å². The number of primary sulfonamides is 1. The summed E-state index contributed by atoms with van der Waals surface area (Å²) in [5.74, 6) is -0.473. The highest BCUT2D eigenvalue weighted by atomic mass is 35.5. The van der Waals surface area contributed by atoms with E-state index in [4.69, 9.17) is 16.7 Å². The summed E-state index contributed by atoms with van der Waals surface area (Å²) in [7, 11) is -4.03. The predicted octanol–water partition coefficient (Wildman–Crippen LogP) is 1.65. The molecule has 1 aliphatic heterocycles. The number of amides is 1.